The lowest BCUT2D eigenvalue weighted by Gasteiger charge is -2.26. The number of fused-ring (bicyclic) bond motifs is 2. The van der Waals surface area contributed by atoms with E-state index < -0.39 is 14.9 Å². The van der Waals surface area contributed by atoms with Crippen LogP contribution in [0.3, 0.4) is 0 Å². The monoisotopic (exact) mass is 347 g/mol. The van der Waals surface area contributed by atoms with Gasteiger partial charge in [0.2, 0.25) is 10.0 Å². The molecule has 9 heteroatoms. The molecule has 0 amide bonds. The van der Waals surface area contributed by atoms with E-state index in [9.17, 15) is 18.5 Å². The third kappa shape index (κ3) is 2.96. The van der Waals surface area contributed by atoms with Crippen molar-refractivity contribution in [1.82, 2.24) is 9.62 Å². The highest BCUT2D eigenvalue weighted by Gasteiger charge is 2.43. The minimum atomic E-state index is -3.69. The van der Waals surface area contributed by atoms with Crippen molar-refractivity contribution in [2.45, 2.75) is 36.2 Å². The molecule has 7 nitrogen and oxygen atoms in total. The van der Waals surface area contributed by atoms with Gasteiger partial charge in [-0.05, 0) is 31.9 Å². The molecule has 0 saturated carbocycles. The second-order valence-corrected chi connectivity index (χ2v) is 7.31. The van der Waals surface area contributed by atoms with Crippen LogP contribution in [0.4, 0.5) is 5.69 Å². The summed E-state index contributed by atoms with van der Waals surface area (Å²) in [6.07, 6.45) is 2.48. The SMILES string of the molecule is Cl.O=[N+]([O-])c1cccc(S(=O)(=O)N2C3CCNCC2CC3)c1. The van der Waals surface area contributed by atoms with E-state index in [-0.39, 0.29) is 35.1 Å². The number of nitrogens with one attached hydrogen (secondary N) is 1. The van der Waals surface area contributed by atoms with Crippen molar-refractivity contribution in [3.05, 3.63) is 34.4 Å². The van der Waals surface area contributed by atoms with Gasteiger partial charge in [-0.3, -0.25) is 10.1 Å². The zero-order valence-corrected chi connectivity index (χ0v) is 13.5. The highest BCUT2D eigenvalue weighted by molar-refractivity contribution is 7.89. The summed E-state index contributed by atoms with van der Waals surface area (Å²) in [5.41, 5.74) is -0.198. The quantitative estimate of drug-likeness (QED) is 0.661. The smallest absolute Gasteiger partial charge is 0.270 e. The molecule has 2 unspecified atom stereocenters. The van der Waals surface area contributed by atoms with E-state index in [4.69, 9.17) is 0 Å². The van der Waals surface area contributed by atoms with Crippen molar-refractivity contribution in [1.29, 1.82) is 0 Å². The maximum atomic E-state index is 12.9. The molecule has 2 heterocycles. The van der Waals surface area contributed by atoms with E-state index in [2.05, 4.69) is 5.32 Å². The summed E-state index contributed by atoms with van der Waals surface area (Å²) in [7, 11) is -3.69. The number of nitro groups is 1. The number of hydrogen-bond acceptors (Lipinski definition) is 5. The summed E-state index contributed by atoms with van der Waals surface area (Å²) in [4.78, 5) is 10.3. The van der Waals surface area contributed by atoms with E-state index in [0.717, 1.165) is 31.9 Å². The number of nitro benzene ring substituents is 1. The Labute approximate surface area is 135 Å². The first-order chi connectivity index (χ1) is 10.00. The Bertz CT molecular complexity index is 653. The van der Waals surface area contributed by atoms with Crippen LogP contribution >= 0.6 is 12.4 Å². The molecule has 2 bridgehead atoms. The highest BCUT2D eigenvalue weighted by atomic mass is 35.5. The molecule has 122 valence electrons. The molecule has 3 rings (SSSR count). The van der Waals surface area contributed by atoms with E-state index in [1.165, 1.54) is 18.2 Å². The molecule has 2 saturated heterocycles. The van der Waals surface area contributed by atoms with Crippen molar-refractivity contribution < 1.29 is 13.3 Å². The lowest BCUT2D eigenvalue weighted by molar-refractivity contribution is -0.385. The lowest BCUT2D eigenvalue weighted by Crippen LogP contribution is -2.42. The zero-order chi connectivity index (χ0) is 15.0. The van der Waals surface area contributed by atoms with Crippen LogP contribution in [0.15, 0.2) is 29.2 Å². The molecule has 0 radical (unpaired) electrons. The topological polar surface area (TPSA) is 92.5 Å². The standard InChI is InChI=1S/C13H17N3O4S.ClH/c17-16(18)11-2-1-3-13(8-11)21(19,20)15-10-4-5-12(15)9-14-7-6-10;/h1-3,8,10,12,14H,4-7,9H2;1H. The Morgan fingerprint density at radius 3 is 2.68 bits per heavy atom. The summed E-state index contributed by atoms with van der Waals surface area (Å²) in [6.45, 7) is 1.45. The minimum Gasteiger partial charge on any atom is -0.315 e. The van der Waals surface area contributed by atoms with Gasteiger partial charge in [-0.15, -0.1) is 12.4 Å². The molecule has 1 N–H and O–H groups in total. The summed E-state index contributed by atoms with van der Waals surface area (Å²) in [5, 5.41) is 14.1. The lowest BCUT2D eigenvalue weighted by atomic mass is 10.1. The van der Waals surface area contributed by atoms with Crippen molar-refractivity contribution in [2.75, 3.05) is 13.1 Å². The van der Waals surface area contributed by atoms with Gasteiger partial charge in [0, 0.05) is 30.8 Å². The number of hydrogen-bond donors (Lipinski definition) is 1. The van der Waals surface area contributed by atoms with Crippen LogP contribution < -0.4 is 5.32 Å². The molecule has 1 aromatic carbocycles. The van der Waals surface area contributed by atoms with Gasteiger partial charge >= 0.3 is 0 Å². The highest BCUT2D eigenvalue weighted by Crippen LogP contribution is 2.34. The number of rotatable bonds is 3. The molecule has 22 heavy (non-hydrogen) atoms. The Hall–Kier alpha value is -1.22. The zero-order valence-electron chi connectivity index (χ0n) is 11.8. The normalized spacial score (nSPS) is 25.3. The van der Waals surface area contributed by atoms with Crippen molar-refractivity contribution >= 4 is 28.1 Å². The van der Waals surface area contributed by atoms with Crippen LogP contribution in [0.1, 0.15) is 19.3 Å². The van der Waals surface area contributed by atoms with Crippen molar-refractivity contribution in [3.8, 4) is 0 Å². The third-order valence-corrected chi connectivity index (χ3v) is 6.19. The fourth-order valence-corrected chi connectivity index (χ4v) is 5.15. The van der Waals surface area contributed by atoms with Gasteiger partial charge in [0.05, 0.1) is 9.82 Å². The van der Waals surface area contributed by atoms with Gasteiger partial charge < -0.3 is 5.32 Å². The predicted molar refractivity (Wildman–Crippen MR) is 83.7 cm³/mol. The summed E-state index contributed by atoms with van der Waals surface area (Å²) < 4.78 is 27.3. The molecule has 2 aliphatic heterocycles. The van der Waals surface area contributed by atoms with Crippen LogP contribution in [0.25, 0.3) is 0 Å². The number of nitrogens with zero attached hydrogens (tertiary/aromatic N) is 2. The van der Waals surface area contributed by atoms with E-state index in [0.29, 0.717) is 6.54 Å². The maximum Gasteiger partial charge on any atom is 0.270 e. The third-order valence-electron chi connectivity index (χ3n) is 4.19. The average Bonchev–Trinajstić information content (AvgIpc) is 2.73. The van der Waals surface area contributed by atoms with Gasteiger partial charge in [0.25, 0.3) is 5.69 Å². The Morgan fingerprint density at radius 1 is 1.23 bits per heavy atom. The Morgan fingerprint density at radius 2 is 1.95 bits per heavy atom. The number of benzene rings is 1. The van der Waals surface area contributed by atoms with Crippen LogP contribution in [0, 0.1) is 10.1 Å². The van der Waals surface area contributed by atoms with Crippen molar-refractivity contribution in [3.63, 3.8) is 0 Å². The molecule has 2 atom stereocenters. The minimum absolute atomic E-state index is 0. The summed E-state index contributed by atoms with van der Waals surface area (Å²) in [6, 6.07) is 5.24. The molecule has 0 aromatic heterocycles. The van der Waals surface area contributed by atoms with E-state index in [1.54, 1.807) is 4.31 Å². The van der Waals surface area contributed by atoms with Gasteiger partial charge in [-0.2, -0.15) is 4.31 Å². The predicted octanol–water partition coefficient (Wildman–Crippen LogP) is 1.53. The fourth-order valence-electron chi connectivity index (χ4n) is 3.21. The van der Waals surface area contributed by atoms with Gasteiger partial charge in [-0.25, -0.2) is 8.42 Å². The van der Waals surface area contributed by atoms with Gasteiger partial charge in [-0.1, -0.05) is 6.07 Å². The van der Waals surface area contributed by atoms with Crippen molar-refractivity contribution in [2.24, 2.45) is 0 Å². The van der Waals surface area contributed by atoms with Crippen LogP contribution in [-0.2, 0) is 10.0 Å². The molecule has 0 spiro atoms. The molecular weight excluding hydrogens is 330 g/mol. The van der Waals surface area contributed by atoms with Crippen LogP contribution in [-0.4, -0.2) is 42.8 Å². The van der Waals surface area contributed by atoms with E-state index >= 15 is 0 Å². The fraction of sp³-hybridized carbons (Fsp3) is 0.538. The molecule has 0 aliphatic carbocycles. The van der Waals surface area contributed by atoms with Gasteiger partial charge in [0.15, 0.2) is 0 Å². The first-order valence-electron chi connectivity index (χ1n) is 6.99. The second kappa shape index (κ2) is 6.49. The summed E-state index contributed by atoms with van der Waals surface area (Å²) >= 11 is 0. The first-order valence-corrected chi connectivity index (χ1v) is 8.43. The van der Waals surface area contributed by atoms with Gasteiger partial charge in [0.1, 0.15) is 0 Å². The Kier molecular flexibility index (Phi) is 5.06. The number of sulfonamides is 1. The molecule has 2 aliphatic rings. The summed E-state index contributed by atoms with van der Waals surface area (Å²) in [5.74, 6) is 0. The van der Waals surface area contributed by atoms with Crippen LogP contribution in [0.2, 0.25) is 0 Å². The first kappa shape index (κ1) is 17.1. The molecule has 2 fully saturated rings. The number of non-ortho nitro benzene ring substituents is 1. The molecular formula is C13H18ClN3O4S. The average molecular weight is 348 g/mol. The Balaban J connectivity index is 0.00000176. The molecule has 1 aromatic rings. The largest absolute Gasteiger partial charge is 0.315 e. The second-order valence-electron chi connectivity index (χ2n) is 5.47. The van der Waals surface area contributed by atoms with E-state index in [1.807, 2.05) is 0 Å². The maximum absolute atomic E-state index is 12.9. The van der Waals surface area contributed by atoms with Crippen LogP contribution in [0.5, 0.6) is 0 Å². The number of halogens is 1.